The summed E-state index contributed by atoms with van der Waals surface area (Å²) in [6.45, 7) is 4.05. The van der Waals surface area contributed by atoms with E-state index in [1.807, 2.05) is 6.82 Å². The van der Waals surface area contributed by atoms with Crippen LogP contribution in [0.15, 0.2) is 21.9 Å². The fourth-order valence-corrected chi connectivity index (χ4v) is 2.30. The van der Waals surface area contributed by atoms with Gasteiger partial charge in [0, 0.05) is 18.2 Å². The Morgan fingerprint density at radius 2 is 2.35 bits per heavy atom. The summed E-state index contributed by atoms with van der Waals surface area (Å²) < 4.78 is 7.29. The first kappa shape index (κ1) is 12.2. The molecule has 2 rings (SSSR count). The third-order valence-corrected chi connectivity index (χ3v) is 3.08. The molecule has 1 aromatic heterocycles. The Bertz CT molecular complexity index is 496. The van der Waals surface area contributed by atoms with Gasteiger partial charge < -0.3 is 4.74 Å². The molecule has 0 saturated carbocycles. The number of nitrogens with zero attached hydrogens (tertiary/aromatic N) is 1. The zero-order valence-corrected chi connectivity index (χ0v) is 10.1. The number of rotatable bonds is 3. The summed E-state index contributed by atoms with van der Waals surface area (Å²) in [5.41, 5.74) is -0.786. The first-order chi connectivity index (χ1) is 8.11. The predicted molar refractivity (Wildman–Crippen MR) is 65.4 cm³/mol. The Hall–Kier alpha value is -1.30. The summed E-state index contributed by atoms with van der Waals surface area (Å²) >= 11 is 0. The minimum absolute atomic E-state index is 0.166. The average Bonchev–Trinajstić information content (AvgIpc) is 2.60. The Balaban J connectivity index is 2.23. The minimum atomic E-state index is -0.407. The molecular weight excluding hydrogens is 219 g/mol. The van der Waals surface area contributed by atoms with Crippen LogP contribution in [-0.2, 0) is 4.74 Å². The van der Waals surface area contributed by atoms with Crippen LogP contribution in [0.25, 0.3) is 0 Å². The van der Waals surface area contributed by atoms with E-state index >= 15 is 0 Å². The first-order valence-corrected chi connectivity index (χ1v) is 5.86. The number of aromatic amines is 1. The highest BCUT2D eigenvalue weighted by atomic mass is 16.5. The molecule has 0 amide bonds. The first-order valence-electron chi connectivity index (χ1n) is 5.86. The fraction of sp³-hybridized carbons (Fsp3) is 0.636. The molecule has 1 saturated heterocycles. The Morgan fingerprint density at radius 3 is 3.00 bits per heavy atom. The van der Waals surface area contributed by atoms with Crippen molar-refractivity contribution >= 4 is 7.28 Å². The van der Waals surface area contributed by atoms with Gasteiger partial charge in [-0.3, -0.25) is 14.3 Å². The zero-order chi connectivity index (χ0) is 12.4. The molecule has 1 N–H and O–H groups in total. The lowest BCUT2D eigenvalue weighted by Gasteiger charge is -2.17. The summed E-state index contributed by atoms with van der Waals surface area (Å²) in [7, 11) is 2.06. The topological polar surface area (TPSA) is 64.1 Å². The largest absolute Gasteiger partial charge is 0.355 e. The summed E-state index contributed by atoms with van der Waals surface area (Å²) in [5.74, 6) is 0.267. The molecule has 91 valence electrons. The molecule has 2 heterocycles. The number of nitrogens with one attached hydrogen (secondary N) is 1. The van der Waals surface area contributed by atoms with Gasteiger partial charge in [-0.25, -0.2) is 4.79 Å². The molecule has 1 aromatic rings. The van der Waals surface area contributed by atoms with Gasteiger partial charge in [0.1, 0.15) is 13.5 Å². The molecule has 1 aliphatic rings. The maximum atomic E-state index is 11.7. The van der Waals surface area contributed by atoms with Crippen LogP contribution < -0.4 is 11.2 Å². The van der Waals surface area contributed by atoms with Crippen LogP contribution in [0.5, 0.6) is 0 Å². The molecule has 0 spiro atoms. The van der Waals surface area contributed by atoms with Gasteiger partial charge in [-0.1, -0.05) is 20.1 Å². The number of ether oxygens (including phenoxy) is 1. The molecule has 17 heavy (non-hydrogen) atoms. The van der Waals surface area contributed by atoms with Crippen LogP contribution in [0.2, 0.25) is 13.1 Å². The van der Waals surface area contributed by atoms with E-state index in [1.165, 1.54) is 16.8 Å². The third kappa shape index (κ3) is 2.52. The minimum Gasteiger partial charge on any atom is -0.355 e. The lowest BCUT2D eigenvalue weighted by molar-refractivity contribution is -0.00549. The number of H-pyrrole nitrogens is 1. The van der Waals surface area contributed by atoms with E-state index in [9.17, 15) is 9.59 Å². The lowest BCUT2D eigenvalue weighted by Crippen LogP contribution is -2.33. The predicted octanol–water partition coefficient (Wildman–Crippen LogP) is 0.631. The molecule has 6 heteroatoms. The van der Waals surface area contributed by atoms with Crippen molar-refractivity contribution in [2.75, 3.05) is 0 Å². The van der Waals surface area contributed by atoms with E-state index in [0.717, 1.165) is 12.7 Å². The average molecular weight is 235 g/mol. The molecule has 0 aliphatic carbocycles. The molecule has 0 aromatic carbocycles. The van der Waals surface area contributed by atoms with Crippen LogP contribution in [0.3, 0.4) is 0 Å². The Morgan fingerprint density at radius 1 is 1.59 bits per heavy atom. The highest BCUT2D eigenvalue weighted by Gasteiger charge is 2.33. The van der Waals surface area contributed by atoms with Gasteiger partial charge in [-0.2, -0.15) is 0 Å². The van der Waals surface area contributed by atoms with Gasteiger partial charge in [0.2, 0.25) is 0 Å². The molecule has 0 bridgehead atoms. The Kier molecular flexibility index (Phi) is 3.52. The third-order valence-electron chi connectivity index (χ3n) is 3.08. The van der Waals surface area contributed by atoms with Crippen molar-refractivity contribution in [3.8, 4) is 0 Å². The van der Waals surface area contributed by atoms with Crippen molar-refractivity contribution in [3.05, 3.63) is 33.1 Å². The maximum absolute atomic E-state index is 11.7. The second-order valence-electron chi connectivity index (χ2n) is 4.52. The zero-order valence-electron chi connectivity index (χ0n) is 10.1. The summed E-state index contributed by atoms with van der Waals surface area (Å²) in [6, 6.07) is 1.34. The Labute approximate surface area is 100 Å². The summed E-state index contributed by atoms with van der Waals surface area (Å²) in [5, 5.41) is 0. The van der Waals surface area contributed by atoms with Crippen molar-refractivity contribution in [1.82, 2.24) is 9.55 Å². The van der Waals surface area contributed by atoms with Crippen molar-refractivity contribution in [2.24, 2.45) is 5.92 Å². The second-order valence-corrected chi connectivity index (χ2v) is 4.52. The van der Waals surface area contributed by atoms with Gasteiger partial charge in [0.15, 0.2) is 0 Å². The van der Waals surface area contributed by atoms with Crippen LogP contribution >= 0.6 is 0 Å². The van der Waals surface area contributed by atoms with Gasteiger partial charge in [0.05, 0.1) is 6.10 Å². The summed E-state index contributed by atoms with van der Waals surface area (Å²) in [6.07, 6.45) is 3.21. The van der Waals surface area contributed by atoms with Crippen LogP contribution in [0.1, 0.15) is 19.6 Å². The number of hydrogen-bond donors (Lipinski definition) is 1. The molecule has 1 radical (unpaired) electrons. The molecule has 1 fully saturated rings. The maximum Gasteiger partial charge on any atom is 0.330 e. The van der Waals surface area contributed by atoms with E-state index in [-0.39, 0.29) is 23.8 Å². The number of aromatic nitrogens is 2. The molecule has 3 unspecified atom stereocenters. The van der Waals surface area contributed by atoms with Crippen molar-refractivity contribution in [1.29, 1.82) is 0 Å². The molecule has 5 nitrogen and oxygen atoms in total. The highest BCUT2D eigenvalue weighted by molar-refractivity contribution is 6.33. The van der Waals surface area contributed by atoms with Crippen LogP contribution in [-0.4, -0.2) is 22.9 Å². The summed E-state index contributed by atoms with van der Waals surface area (Å²) in [4.78, 5) is 24.9. The number of hydrogen-bond acceptors (Lipinski definition) is 3. The molecule has 3 atom stereocenters. The van der Waals surface area contributed by atoms with Gasteiger partial charge in [0.25, 0.3) is 5.56 Å². The van der Waals surface area contributed by atoms with E-state index in [4.69, 9.17) is 4.74 Å². The lowest BCUT2D eigenvalue weighted by atomic mass is 9.75. The van der Waals surface area contributed by atoms with Crippen molar-refractivity contribution in [3.63, 3.8) is 0 Å². The van der Waals surface area contributed by atoms with Crippen molar-refractivity contribution in [2.45, 2.75) is 38.8 Å². The molecular formula is C11H16BN2O3. The standard InChI is InChI=1S/C11H16BN2O3/c1-7-5-8(6-12-2)17-10(7)14-4-3-9(15)13-11(14)16/h3-4,7-8,10H,5-6H2,1-2H3,(H,13,15,16). The van der Waals surface area contributed by atoms with Crippen LogP contribution in [0.4, 0.5) is 0 Å². The second kappa shape index (κ2) is 4.92. The van der Waals surface area contributed by atoms with Gasteiger partial charge in [-0.15, -0.1) is 0 Å². The molecule has 1 aliphatic heterocycles. The fourth-order valence-electron chi connectivity index (χ4n) is 2.30. The SMILES string of the molecule is C[B]CC1CC(C)C(n2ccc(=O)[nH]c2=O)O1. The highest BCUT2D eigenvalue weighted by Crippen LogP contribution is 2.34. The van der Waals surface area contributed by atoms with E-state index < -0.39 is 5.69 Å². The normalized spacial score (nSPS) is 28.2. The van der Waals surface area contributed by atoms with Gasteiger partial charge >= 0.3 is 5.69 Å². The monoisotopic (exact) mass is 235 g/mol. The van der Waals surface area contributed by atoms with Gasteiger partial charge in [-0.05, 0) is 6.42 Å². The quantitative estimate of drug-likeness (QED) is 0.781. The van der Waals surface area contributed by atoms with Crippen LogP contribution in [0, 0.1) is 5.92 Å². The van der Waals surface area contributed by atoms with E-state index in [2.05, 4.69) is 19.2 Å². The smallest absolute Gasteiger partial charge is 0.330 e. The van der Waals surface area contributed by atoms with E-state index in [0.29, 0.717) is 0 Å². The van der Waals surface area contributed by atoms with Crippen molar-refractivity contribution < 1.29 is 4.74 Å². The van der Waals surface area contributed by atoms with E-state index in [1.54, 1.807) is 0 Å².